The number of aliphatic carboxylic acids is 1. The number of rotatable bonds is 5. The zero-order valence-electron chi connectivity index (χ0n) is 14.4. The first-order valence-electron chi connectivity index (χ1n) is 8.75. The van der Waals surface area contributed by atoms with Crippen molar-refractivity contribution >= 4 is 17.6 Å². The highest BCUT2D eigenvalue weighted by Gasteiger charge is 2.47. The lowest BCUT2D eigenvalue weighted by Crippen LogP contribution is -2.29. The van der Waals surface area contributed by atoms with Crippen molar-refractivity contribution in [2.75, 3.05) is 13.1 Å². The molecule has 1 aliphatic carbocycles. The maximum Gasteiger partial charge on any atom is 0.308 e. The summed E-state index contributed by atoms with van der Waals surface area (Å²) in [5.74, 6) is -1.16. The molecule has 2 aliphatic rings. The molecule has 1 aliphatic heterocycles. The number of carboxylic acids is 1. The fraction of sp³-hybridized carbons (Fsp3) is 0.389. The van der Waals surface area contributed by atoms with Gasteiger partial charge >= 0.3 is 5.97 Å². The van der Waals surface area contributed by atoms with Crippen LogP contribution in [0.25, 0.3) is 5.69 Å². The summed E-state index contributed by atoms with van der Waals surface area (Å²) in [6, 6.07) is 5.85. The van der Waals surface area contributed by atoms with Gasteiger partial charge < -0.3 is 10.0 Å². The first-order chi connectivity index (χ1) is 12.9. The molecule has 1 N–H and O–H groups in total. The molecule has 2 atom stereocenters. The molecule has 0 radical (unpaired) electrons. The fourth-order valence-electron chi connectivity index (χ4n) is 3.74. The second-order valence-electron chi connectivity index (χ2n) is 7.10. The van der Waals surface area contributed by atoms with Crippen molar-refractivity contribution in [3.63, 3.8) is 0 Å². The summed E-state index contributed by atoms with van der Waals surface area (Å²) in [7, 11) is 0. The summed E-state index contributed by atoms with van der Waals surface area (Å²) in [6.45, 7) is 0.682. The van der Waals surface area contributed by atoms with E-state index in [1.165, 1.54) is 23.0 Å². The molecule has 27 heavy (non-hydrogen) atoms. The number of carbonyl (C=O) groups excluding carboxylic acids is 1. The van der Waals surface area contributed by atoms with E-state index >= 15 is 0 Å². The first kappa shape index (κ1) is 17.2. The summed E-state index contributed by atoms with van der Waals surface area (Å²) in [6.07, 6.45) is 5.07. The molecule has 0 spiro atoms. The van der Waals surface area contributed by atoms with E-state index in [1.807, 2.05) is 0 Å². The zero-order valence-corrected chi connectivity index (χ0v) is 14.4. The van der Waals surface area contributed by atoms with E-state index in [0.717, 1.165) is 12.8 Å². The predicted molar refractivity (Wildman–Crippen MR) is 93.5 cm³/mol. The topological polar surface area (TPSA) is 119 Å². The van der Waals surface area contributed by atoms with Crippen LogP contribution in [0.5, 0.6) is 0 Å². The number of hydrogen-bond acceptors (Lipinski definition) is 5. The number of carbonyl (C=O) groups is 2. The van der Waals surface area contributed by atoms with Crippen LogP contribution in [0, 0.1) is 27.9 Å². The van der Waals surface area contributed by atoms with Crippen molar-refractivity contribution in [1.82, 2.24) is 14.7 Å². The van der Waals surface area contributed by atoms with E-state index in [4.69, 9.17) is 0 Å². The molecule has 1 saturated heterocycles. The minimum Gasteiger partial charge on any atom is -0.481 e. The van der Waals surface area contributed by atoms with E-state index in [1.54, 1.807) is 23.2 Å². The Kier molecular flexibility index (Phi) is 4.14. The quantitative estimate of drug-likeness (QED) is 0.635. The molecule has 2 fully saturated rings. The van der Waals surface area contributed by atoms with E-state index in [0.29, 0.717) is 23.7 Å². The Morgan fingerprint density at radius 1 is 1.19 bits per heavy atom. The Bertz CT molecular complexity index is 903. The highest BCUT2D eigenvalue weighted by Crippen LogP contribution is 2.44. The Hall–Kier alpha value is -3.23. The van der Waals surface area contributed by atoms with Crippen molar-refractivity contribution in [3.8, 4) is 5.69 Å². The van der Waals surface area contributed by atoms with Crippen LogP contribution in [0.15, 0.2) is 36.7 Å². The number of nitro benzene ring substituents is 1. The van der Waals surface area contributed by atoms with Gasteiger partial charge in [-0.25, -0.2) is 4.68 Å². The molecule has 140 valence electrons. The zero-order chi connectivity index (χ0) is 19.1. The molecule has 9 heteroatoms. The molecule has 1 aromatic heterocycles. The number of nitrogens with zero attached hydrogens (tertiary/aromatic N) is 4. The van der Waals surface area contributed by atoms with Gasteiger partial charge in [-0.1, -0.05) is 0 Å². The minimum atomic E-state index is -0.844. The standard InChI is InChI=1S/C18H18N4O5/c23-17(20-9-15(11-1-2-11)16(10-20)18(24)25)12-7-19-21(8-12)13-3-5-14(6-4-13)22(26)27/h3-8,11,15-16H,1-2,9-10H2,(H,24,25)/t15-,16+/m1/s1. The molecule has 0 unspecified atom stereocenters. The third-order valence-corrected chi connectivity index (χ3v) is 5.35. The van der Waals surface area contributed by atoms with Crippen LogP contribution in [0.4, 0.5) is 5.69 Å². The molecule has 1 aromatic carbocycles. The minimum absolute atomic E-state index is 0.0231. The van der Waals surface area contributed by atoms with Gasteiger partial charge in [-0.2, -0.15) is 5.10 Å². The summed E-state index contributed by atoms with van der Waals surface area (Å²) < 4.78 is 1.47. The maximum atomic E-state index is 12.8. The van der Waals surface area contributed by atoms with Crippen molar-refractivity contribution in [2.45, 2.75) is 12.8 Å². The predicted octanol–water partition coefficient (Wildman–Crippen LogP) is 1.96. The van der Waals surface area contributed by atoms with Crippen LogP contribution in [0.2, 0.25) is 0 Å². The summed E-state index contributed by atoms with van der Waals surface area (Å²) in [4.78, 5) is 36.1. The van der Waals surface area contributed by atoms with Crippen molar-refractivity contribution < 1.29 is 19.6 Å². The fourth-order valence-corrected chi connectivity index (χ4v) is 3.74. The van der Waals surface area contributed by atoms with Crippen LogP contribution in [-0.2, 0) is 4.79 Å². The number of nitro groups is 1. The smallest absolute Gasteiger partial charge is 0.308 e. The number of benzene rings is 1. The van der Waals surface area contributed by atoms with E-state index in [9.17, 15) is 24.8 Å². The van der Waals surface area contributed by atoms with Crippen LogP contribution < -0.4 is 0 Å². The second kappa shape index (κ2) is 6.49. The average molecular weight is 370 g/mol. The lowest BCUT2D eigenvalue weighted by atomic mass is 9.92. The van der Waals surface area contributed by atoms with Crippen molar-refractivity contribution in [1.29, 1.82) is 0 Å². The van der Waals surface area contributed by atoms with Gasteiger partial charge in [0.1, 0.15) is 0 Å². The SMILES string of the molecule is O=C(O)[C@H]1CN(C(=O)c2cnn(-c3ccc([N+](=O)[O-])cc3)c2)C[C@@H]1C1CC1. The molecular weight excluding hydrogens is 352 g/mol. The molecule has 0 bridgehead atoms. The van der Waals surface area contributed by atoms with Crippen molar-refractivity contribution in [3.05, 3.63) is 52.3 Å². The molecule has 9 nitrogen and oxygen atoms in total. The molecular formula is C18H18N4O5. The normalized spacial score (nSPS) is 22.0. The van der Waals surface area contributed by atoms with Crippen LogP contribution in [-0.4, -0.2) is 49.7 Å². The van der Waals surface area contributed by atoms with Gasteiger partial charge in [-0.05, 0) is 36.8 Å². The molecule has 2 heterocycles. The third-order valence-electron chi connectivity index (χ3n) is 5.35. The van der Waals surface area contributed by atoms with Gasteiger partial charge in [0.2, 0.25) is 0 Å². The van der Waals surface area contributed by atoms with Crippen LogP contribution >= 0.6 is 0 Å². The summed E-state index contributed by atoms with van der Waals surface area (Å²) in [5.41, 5.74) is 0.944. The number of carboxylic acid groups (broad SMARTS) is 1. The monoisotopic (exact) mass is 370 g/mol. The Labute approximate surface area is 154 Å². The third kappa shape index (κ3) is 3.27. The van der Waals surface area contributed by atoms with Crippen LogP contribution in [0.1, 0.15) is 23.2 Å². The lowest BCUT2D eigenvalue weighted by Gasteiger charge is -2.15. The van der Waals surface area contributed by atoms with Gasteiger partial charge in [-0.15, -0.1) is 0 Å². The van der Waals surface area contributed by atoms with Crippen LogP contribution in [0.3, 0.4) is 0 Å². The molecule has 2 aromatic rings. The van der Waals surface area contributed by atoms with E-state index < -0.39 is 16.8 Å². The largest absolute Gasteiger partial charge is 0.481 e. The highest BCUT2D eigenvalue weighted by molar-refractivity contribution is 5.94. The van der Waals surface area contributed by atoms with Crippen molar-refractivity contribution in [2.24, 2.45) is 17.8 Å². The Balaban J connectivity index is 1.50. The molecule has 4 rings (SSSR count). The summed E-state index contributed by atoms with van der Waals surface area (Å²) in [5, 5.41) is 24.3. The number of amides is 1. The van der Waals surface area contributed by atoms with E-state index in [2.05, 4.69) is 5.10 Å². The maximum absolute atomic E-state index is 12.8. The van der Waals surface area contributed by atoms with Gasteiger partial charge in [0.25, 0.3) is 11.6 Å². The Morgan fingerprint density at radius 2 is 1.89 bits per heavy atom. The number of likely N-dealkylation sites (tertiary alicyclic amines) is 1. The van der Waals surface area contributed by atoms with Gasteiger partial charge in [0, 0.05) is 31.4 Å². The average Bonchev–Trinajstić information content (AvgIpc) is 3.21. The van der Waals surface area contributed by atoms with Gasteiger partial charge in [-0.3, -0.25) is 19.7 Å². The second-order valence-corrected chi connectivity index (χ2v) is 7.10. The number of non-ortho nitro benzene ring substituents is 1. The highest BCUT2D eigenvalue weighted by atomic mass is 16.6. The molecule has 1 amide bonds. The first-order valence-corrected chi connectivity index (χ1v) is 8.75. The van der Waals surface area contributed by atoms with E-state index in [-0.39, 0.29) is 24.1 Å². The number of hydrogen-bond donors (Lipinski definition) is 1. The summed E-state index contributed by atoms with van der Waals surface area (Å²) >= 11 is 0. The molecule has 1 saturated carbocycles. The van der Waals surface area contributed by atoms with Gasteiger partial charge in [0.05, 0.1) is 28.3 Å². The number of aromatic nitrogens is 2. The lowest BCUT2D eigenvalue weighted by molar-refractivity contribution is -0.384. The Morgan fingerprint density at radius 3 is 2.48 bits per heavy atom. The van der Waals surface area contributed by atoms with Gasteiger partial charge in [0.15, 0.2) is 0 Å².